The zero-order valence-corrected chi connectivity index (χ0v) is 83.9. The normalized spacial score (nSPS) is 28.2. The minimum Gasteiger partial charge on any atom is -0.508 e. The van der Waals surface area contributed by atoms with E-state index >= 15 is 4.79 Å². The molecule has 10 heterocycles. The number of thioether (sulfide) groups is 1. The van der Waals surface area contributed by atoms with Crippen LogP contribution in [0.1, 0.15) is 132 Å². The topological polar surface area (TPSA) is 886 Å². The Hall–Kier alpha value is -11.1. The number of phenolic OH excluding ortho intramolecular Hbond substituents is 3. The number of phosphoric acid groups is 3. The number of nitrogens with zero attached hydrogens (tertiary/aromatic N) is 12. The predicted molar refractivity (Wildman–Crippen MR) is 525 cm³/mol. The summed E-state index contributed by atoms with van der Waals surface area (Å²) in [4.78, 5) is 101. The molecule has 8 aliphatic heterocycles. The molecule has 7 aromatic rings. The number of benzene rings is 5. The average Bonchev–Trinajstić information content (AvgIpc) is 1.48. The Morgan fingerprint density at radius 2 is 1.34 bits per heavy atom. The summed E-state index contributed by atoms with van der Waals surface area (Å²) in [6.07, 6.45) is -27.2. The van der Waals surface area contributed by atoms with E-state index in [4.69, 9.17) is 86.8 Å². The molecule has 15 rings (SSSR count). The number of fused-ring (bicyclic) bond motifs is 13. The number of aromatic hydroxyl groups is 3. The van der Waals surface area contributed by atoms with Crippen LogP contribution in [0.15, 0.2) is 131 Å². The molecule has 8 unspecified atom stereocenters. The number of imidazole rings is 1. The number of nitrogens with one attached hydrogen (secondary N) is 2. The van der Waals surface area contributed by atoms with Gasteiger partial charge in [-0.25, -0.2) is 58.6 Å². The van der Waals surface area contributed by atoms with E-state index in [0.717, 1.165) is 97.8 Å². The molecule has 806 valence electrons. The third-order valence-corrected chi connectivity index (χ3v) is 28.6. The van der Waals surface area contributed by atoms with Crippen LogP contribution in [-0.4, -0.2) is 348 Å². The maximum absolute atomic E-state index is 15.2. The molecule has 3 saturated heterocycles. The standard InChI is InChI=1S/C87H109Cl2N16O39P3S/c1-33(2)18-44(93-7)76(119)103-61-64(112)36-9-12-48(42(88)20-36)137-50-22-38-23-51(69(50)142-85-71(67(115)66(114)52(28-106)140-85)141-56-27-87(6,92)72(117)34(3)136-56)138-49-13-10-37(21-43(49)89)65(113)62-81(124)102-60(41-24-39(107)25-47(109)57(41)40-19-35(8-11-46(40)108)58(78(121)104-62)101-79(122)59(38)100-77(120)45(26-54(90)110)99-80(61)123)84(126)148-17-16-94-55(111)14-15-95-82(125)73(118)86(4,5)30-135-147(132,133)144-146(130,131)134-29-53-70(143-145(127,128)129)68(116)83(139-53)105-32-98-63-74(91)96-31-97-75(63)105/h8-13,19-25,31-34,44-45,52-53,56,58-62,64-68,70-73,83,85,93,106-109,112-118H,14-18,26-30,92H2,1-7H3,(H2,90,110)(H,94,111)(H,95,125)(H,99,123)(H,100,120)(H,101,122)(H,102,124)(H,103,119)(H,104,121)(H,130,131)(H,132,133)(H2,91,96,97)(H2,127,128,129)/t34-,44+,45-,52+,53?,56-,58+,59+,60+,61?,62-,64+,65+,66+,67-,68?,70?,71+,72+,73?,83?,85-,87-/m0/s1. The Morgan fingerprint density at radius 1 is 0.709 bits per heavy atom. The van der Waals surface area contributed by atoms with E-state index in [1.54, 1.807) is 0 Å². The molecule has 30 N–H and O–H groups in total. The fourth-order valence-corrected chi connectivity index (χ4v) is 20.5. The molecule has 5 aromatic carbocycles. The number of hydrogen-bond acceptors (Lipinski definition) is 42. The van der Waals surface area contributed by atoms with Crippen molar-refractivity contribution in [2.75, 3.05) is 51.4 Å². The highest BCUT2D eigenvalue weighted by atomic mass is 35.5. The lowest BCUT2D eigenvalue weighted by Gasteiger charge is -2.47. The van der Waals surface area contributed by atoms with Gasteiger partial charge in [-0.15, -0.1) is 0 Å². The second-order valence-electron chi connectivity index (χ2n) is 36.2. The van der Waals surface area contributed by atoms with E-state index < -0.39 is 352 Å². The first kappa shape index (κ1) is 114. The van der Waals surface area contributed by atoms with Crippen molar-refractivity contribution >= 4 is 134 Å². The lowest BCUT2D eigenvalue weighted by Crippen LogP contribution is -2.64. The molecule has 11 bridgehead atoms. The first-order valence-electron chi connectivity index (χ1n) is 44.9. The van der Waals surface area contributed by atoms with Gasteiger partial charge < -0.3 is 172 Å². The van der Waals surface area contributed by atoms with Gasteiger partial charge in [-0.3, -0.25) is 38.3 Å². The number of nitrogen functional groups attached to an aromatic ring is 1. The summed E-state index contributed by atoms with van der Waals surface area (Å²) in [5.41, 5.74) is 6.08. The Morgan fingerprint density at radius 3 is 1.97 bits per heavy atom. The molecule has 0 amide bonds. The number of ether oxygens (including phenoxy) is 7. The smallest absolute Gasteiger partial charge is 0.481 e. The van der Waals surface area contributed by atoms with Crippen molar-refractivity contribution in [2.45, 2.75) is 207 Å². The lowest BCUT2D eigenvalue weighted by molar-refractivity contribution is -0.333. The third kappa shape index (κ3) is 26.7. The molecule has 148 heavy (non-hydrogen) atoms. The summed E-state index contributed by atoms with van der Waals surface area (Å²) in [7, 11) is -15.5. The van der Waals surface area contributed by atoms with Gasteiger partial charge in [0, 0.05) is 52.3 Å². The van der Waals surface area contributed by atoms with Gasteiger partial charge >= 0.3 is 23.5 Å². The van der Waals surface area contributed by atoms with Crippen LogP contribution in [0, 0.1) is 16.7 Å². The van der Waals surface area contributed by atoms with Crippen molar-refractivity contribution in [3.63, 3.8) is 0 Å². The first-order chi connectivity index (χ1) is 69.4. The fraction of sp³-hybridized carbons (Fsp3) is 0.483. The predicted octanol–water partition coefficient (Wildman–Crippen LogP) is 6.47. The molecular formula is C87H109Cl2N16O39P3S. The summed E-state index contributed by atoms with van der Waals surface area (Å²) >= 11 is 14.7. The van der Waals surface area contributed by atoms with Crippen molar-refractivity contribution in [3.05, 3.63) is 129 Å². The molecular weight excluding hydrogens is 2090 g/mol. The molecule has 0 aliphatic carbocycles. The van der Waals surface area contributed by atoms with Crippen LogP contribution in [0.25, 0.3) is 22.3 Å². The molecule has 0 spiro atoms. The summed E-state index contributed by atoms with van der Waals surface area (Å²) in [5, 5.41) is 246. The number of nitrogens with two attached hydrogens (primary N) is 2. The van der Waals surface area contributed by atoms with Crippen molar-refractivity contribution < 1.29 is 191 Å². The van der Waals surface area contributed by atoms with Crippen LogP contribution in [0.5, 0.6) is 46.0 Å². The number of carbonyl (C=O) groups is 1. The van der Waals surface area contributed by atoms with Gasteiger partial charge in [-0.2, -0.15) is 4.31 Å². The summed E-state index contributed by atoms with van der Waals surface area (Å²) in [6, 6.07) is -1.06. The van der Waals surface area contributed by atoms with Gasteiger partial charge in [0.05, 0.1) is 74.0 Å². The minimum atomic E-state index is -5.78. The van der Waals surface area contributed by atoms with E-state index in [9.17, 15) is 135 Å². The number of aromatic nitrogens is 4. The quantitative estimate of drug-likeness (QED) is 0.00929. The minimum absolute atomic E-state index is 0.0137. The lowest BCUT2D eigenvalue weighted by atomic mass is 9.86. The number of likely N-dealkylation sites (N-methyl/N-ethyl adjacent to an activating group) is 1. The molecule has 3 fully saturated rings. The van der Waals surface area contributed by atoms with Gasteiger partial charge in [0.1, 0.15) is 108 Å². The number of halogens is 2. The highest BCUT2D eigenvalue weighted by molar-refractivity contribution is 8.13. The number of hydrogen-bond donors (Lipinski definition) is 28. The monoisotopic (exact) mass is 2200 g/mol. The number of rotatable bonds is 32. The van der Waals surface area contributed by atoms with E-state index in [1.165, 1.54) is 33.0 Å². The Labute approximate surface area is 852 Å². The fourth-order valence-electron chi connectivity index (χ4n) is 16.5. The summed E-state index contributed by atoms with van der Waals surface area (Å²) in [5.74, 6) is -16.3. The third-order valence-electron chi connectivity index (χ3n) is 24.1. The number of phenols is 3. The van der Waals surface area contributed by atoms with Crippen molar-refractivity contribution in [3.8, 4) is 57.1 Å². The summed E-state index contributed by atoms with van der Waals surface area (Å²) < 4.78 is 103. The van der Waals surface area contributed by atoms with Crippen molar-refractivity contribution in [1.29, 1.82) is 5.41 Å². The molecule has 8 aliphatic rings. The molecule has 61 heteroatoms. The van der Waals surface area contributed by atoms with E-state index in [1.807, 2.05) is 13.8 Å². The Kier molecular flexibility index (Phi) is 36.0. The number of phosphoric ester groups is 3. The van der Waals surface area contributed by atoms with Gasteiger partial charge in [-0.05, 0) is 110 Å². The van der Waals surface area contributed by atoms with Crippen LogP contribution in [-0.2, 0) is 55.3 Å². The Balaban J connectivity index is 0.828. The van der Waals surface area contributed by atoms with Crippen LogP contribution in [0.2, 0.25) is 10.0 Å². The zero-order chi connectivity index (χ0) is 108. The molecule has 0 radical (unpaired) electrons. The number of aliphatic imine (C=N–C) groups is 8. The van der Waals surface area contributed by atoms with Crippen LogP contribution < -0.4 is 31.0 Å². The van der Waals surface area contributed by atoms with Crippen LogP contribution >= 0.6 is 58.4 Å². The van der Waals surface area contributed by atoms with Gasteiger partial charge in [0.25, 0.3) is 0 Å². The van der Waals surface area contributed by atoms with E-state index in [-0.39, 0.29) is 57.6 Å². The number of anilines is 1. The second-order valence-corrected chi connectivity index (χ2v) is 42.3. The summed E-state index contributed by atoms with van der Waals surface area (Å²) in [6.45, 7) is 4.56. The van der Waals surface area contributed by atoms with Crippen LogP contribution in [0.4, 0.5) is 5.82 Å². The van der Waals surface area contributed by atoms with E-state index in [2.05, 4.69) is 64.5 Å². The largest absolute Gasteiger partial charge is 0.508 e. The second kappa shape index (κ2) is 46.8. The molecule has 55 nitrogen and oxygen atoms in total. The maximum Gasteiger partial charge on any atom is 0.481 e. The van der Waals surface area contributed by atoms with Gasteiger partial charge in [0.15, 0.2) is 83.4 Å². The average molecular weight is 2200 g/mol. The molecule has 25 atom stereocenters. The Bertz CT molecular complexity index is 6500. The highest BCUT2D eigenvalue weighted by Crippen LogP contribution is 2.62. The molecule has 0 saturated carbocycles. The van der Waals surface area contributed by atoms with E-state index in [0.29, 0.717) is 11.8 Å². The number of carbonyl (C=O) groups excluding carboxylic acids is 1. The van der Waals surface area contributed by atoms with Gasteiger partial charge in [0.2, 0.25) is 52.5 Å². The maximum atomic E-state index is 15.2. The van der Waals surface area contributed by atoms with Gasteiger partial charge in [-0.1, -0.05) is 80.9 Å². The van der Waals surface area contributed by atoms with Crippen molar-refractivity contribution in [1.82, 2.24) is 24.8 Å². The number of aliphatic hydroxyl groups is 17. The SMILES string of the molecule is CN[C@H](CC(C)C)C(O)=NC1C(O)=N[C@@H](CC(=N)O)C(O)=N[C@H]2C(O)=N[C@H]3C(O)=N[C@H](C(O)=N[C@@H](C(=O)SCCN=C(O)CCN=C(O)C(O)C(C)(C)COP(=O)(O)OP(=O)(O)OCC4OC(n5cnc6c(N)ncnc65)C(O)C4OP(=O)(O)O)c4cc(O)cc(O)c4-c4cc3ccc4O)[C@H](O)c3ccc(c(Cl)c3)Oc3cc2cc(c3O[C@@H]2O[C@H](CO)[C@@H](O)[C@H](O)[C@H]2O[C@H]2C[C@](C)(N)[C@H](O)[C@H](C)O2)Oc2ccc(cc2Cl)[C@H]1O. The first-order valence-corrected chi connectivity index (χ1v) is 51.2. The zero-order valence-electron chi connectivity index (χ0n) is 78.9. The molecule has 2 aromatic heterocycles. The van der Waals surface area contributed by atoms with Crippen LogP contribution in [0.3, 0.4) is 0 Å². The van der Waals surface area contributed by atoms with Crippen molar-refractivity contribution in [2.24, 2.45) is 57.0 Å². The number of aliphatic hydroxyl groups excluding tert-OH is 17. The highest BCUT2D eigenvalue weighted by Gasteiger charge is 2.54.